The number of aromatic nitrogens is 3. The van der Waals surface area contributed by atoms with E-state index < -0.39 is 0 Å². The van der Waals surface area contributed by atoms with Gasteiger partial charge in [0.2, 0.25) is 5.91 Å². The van der Waals surface area contributed by atoms with E-state index in [9.17, 15) is 4.79 Å². The number of nitrogens with one attached hydrogen (secondary N) is 1. The fraction of sp³-hybridized carbons (Fsp3) is 0.429. The molecular weight excluding hydrogens is 402 g/mol. The number of nitrogens with zero attached hydrogens (tertiary/aromatic N) is 4. The topological polar surface area (TPSA) is 71.0 Å². The maximum atomic E-state index is 12.3. The highest BCUT2D eigenvalue weighted by Crippen LogP contribution is 2.35. The molecule has 6 nitrogen and oxygen atoms in total. The number of carbonyl (C=O) groups is 1. The van der Waals surface area contributed by atoms with Gasteiger partial charge in [0.15, 0.2) is 10.8 Å². The van der Waals surface area contributed by atoms with E-state index in [1.165, 1.54) is 36.5 Å². The molecule has 0 aliphatic carbocycles. The molecule has 4 rings (SSSR count). The Kier molecular flexibility index (Phi) is 6.30. The molecule has 1 aliphatic heterocycles. The van der Waals surface area contributed by atoms with E-state index >= 15 is 0 Å². The lowest BCUT2D eigenvalue weighted by Crippen LogP contribution is -2.32. The number of rotatable bonds is 6. The van der Waals surface area contributed by atoms with Gasteiger partial charge >= 0.3 is 0 Å². The lowest BCUT2D eigenvalue weighted by atomic mass is 10.00. The molecule has 1 aliphatic rings. The summed E-state index contributed by atoms with van der Waals surface area (Å²) in [5, 5.41) is 4.81. The van der Waals surface area contributed by atoms with E-state index in [2.05, 4.69) is 46.2 Å². The molecule has 1 aromatic carbocycles. The zero-order valence-corrected chi connectivity index (χ0v) is 18.4. The number of amides is 1. The van der Waals surface area contributed by atoms with Gasteiger partial charge in [-0.25, -0.2) is 9.97 Å². The first-order chi connectivity index (χ1) is 14.1. The predicted molar refractivity (Wildman–Crippen MR) is 120 cm³/mol. The molecule has 0 radical (unpaired) electrons. The number of aryl methyl sites for hydroxylation is 1. The third-order valence-corrected chi connectivity index (χ3v) is 7.38. The van der Waals surface area contributed by atoms with Crippen LogP contribution in [0.1, 0.15) is 30.9 Å². The van der Waals surface area contributed by atoms with Gasteiger partial charge in [0.05, 0.1) is 5.75 Å². The summed E-state index contributed by atoms with van der Waals surface area (Å²) >= 11 is 3.08. The third kappa shape index (κ3) is 5.05. The average molecular weight is 428 g/mol. The number of carbonyl (C=O) groups excluding carboxylic acids is 1. The Bertz CT molecular complexity index is 980. The van der Waals surface area contributed by atoms with Crippen LogP contribution >= 0.6 is 23.1 Å². The van der Waals surface area contributed by atoms with Gasteiger partial charge < -0.3 is 10.2 Å². The molecule has 29 heavy (non-hydrogen) atoms. The largest absolute Gasteiger partial charge is 0.351 e. The molecule has 1 N–H and O–H groups in total. The molecule has 8 heteroatoms. The molecular formula is C21H25N5OS2. The summed E-state index contributed by atoms with van der Waals surface area (Å²) in [5.74, 6) is 1.11. The molecule has 152 valence electrons. The van der Waals surface area contributed by atoms with E-state index in [1.807, 2.05) is 12.1 Å². The second kappa shape index (κ2) is 9.09. The second-order valence-corrected chi connectivity index (χ2v) is 9.49. The lowest BCUT2D eigenvalue weighted by molar-refractivity contribution is -0.118. The van der Waals surface area contributed by atoms with Gasteiger partial charge in [-0.3, -0.25) is 4.79 Å². The molecule has 0 atom stereocenters. The summed E-state index contributed by atoms with van der Waals surface area (Å²) in [6.07, 6.45) is 3.94. The smallest absolute Gasteiger partial charge is 0.230 e. The van der Waals surface area contributed by atoms with Crippen molar-refractivity contribution in [1.82, 2.24) is 20.3 Å². The number of piperidine rings is 1. The van der Waals surface area contributed by atoms with Gasteiger partial charge in [-0.1, -0.05) is 59.9 Å². The van der Waals surface area contributed by atoms with E-state index in [0.29, 0.717) is 12.3 Å². The molecule has 3 heterocycles. The summed E-state index contributed by atoms with van der Waals surface area (Å²) in [6, 6.07) is 8.18. The van der Waals surface area contributed by atoms with Crippen LogP contribution < -0.4 is 10.2 Å². The average Bonchev–Trinajstić information content (AvgIpc) is 3.17. The van der Waals surface area contributed by atoms with Crippen molar-refractivity contribution in [3.63, 3.8) is 0 Å². The van der Waals surface area contributed by atoms with E-state index in [4.69, 9.17) is 4.98 Å². The van der Waals surface area contributed by atoms with Crippen molar-refractivity contribution in [3.8, 4) is 0 Å². The van der Waals surface area contributed by atoms with Crippen LogP contribution in [0.2, 0.25) is 0 Å². The first-order valence-corrected chi connectivity index (χ1v) is 11.7. The Hall–Kier alpha value is -2.19. The standard InChI is InChI=1S/C21H25N5OS2/c1-14-3-5-16(6-4-14)11-22-17(27)12-28-20-18-19(23-13-24-20)25-21(29-18)26-9-7-15(2)8-10-26/h3-6,13,15H,7-12H2,1-2H3,(H,22,27). The third-order valence-electron chi connectivity index (χ3n) is 5.15. The quantitative estimate of drug-likeness (QED) is 0.473. The number of hydrogen-bond acceptors (Lipinski definition) is 7. The molecule has 0 saturated carbocycles. The van der Waals surface area contributed by atoms with Crippen LogP contribution in [0.15, 0.2) is 35.6 Å². The van der Waals surface area contributed by atoms with Crippen molar-refractivity contribution in [2.24, 2.45) is 5.92 Å². The highest BCUT2D eigenvalue weighted by atomic mass is 32.2. The molecule has 0 spiro atoms. The van der Waals surface area contributed by atoms with Crippen molar-refractivity contribution >= 4 is 44.5 Å². The molecule has 3 aromatic rings. The normalized spacial score (nSPS) is 15.0. The van der Waals surface area contributed by atoms with E-state index in [1.54, 1.807) is 11.3 Å². The SMILES string of the molecule is Cc1ccc(CNC(=O)CSc2ncnc3nc(N4CCC(C)CC4)sc23)cc1. The zero-order chi connectivity index (χ0) is 20.2. The summed E-state index contributed by atoms with van der Waals surface area (Å²) in [4.78, 5) is 28.1. The predicted octanol–water partition coefficient (Wildman–Crippen LogP) is 4.04. The Morgan fingerprint density at radius 1 is 1.24 bits per heavy atom. The summed E-state index contributed by atoms with van der Waals surface area (Å²) in [5.41, 5.74) is 3.04. The number of fused-ring (bicyclic) bond motifs is 1. The lowest BCUT2D eigenvalue weighted by Gasteiger charge is -2.29. The Morgan fingerprint density at radius 2 is 2.00 bits per heavy atom. The highest BCUT2D eigenvalue weighted by molar-refractivity contribution is 8.00. The number of thiazole rings is 1. The van der Waals surface area contributed by atoms with Gasteiger partial charge in [-0.2, -0.15) is 4.98 Å². The van der Waals surface area contributed by atoms with Gasteiger partial charge in [-0.05, 0) is 31.2 Å². The maximum Gasteiger partial charge on any atom is 0.230 e. The Balaban J connectivity index is 1.37. The monoisotopic (exact) mass is 427 g/mol. The molecule has 0 bridgehead atoms. The van der Waals surface area contributed by atoms with Crippen molar-refractivity contribution in [2.45, 2.75) is 38.3 Å². The molecule has 1 amide bonds. The van der Waals surface area contributed by atoms with Crippen molar-refractivity contribution in [3.05, 3.63) is 41.7 Å². The van der Waals surface area contributed by atoms with Crippen LogP contribution in [0.3, 0.4) is 0 Å². The van der Waals surface area contributed by atoms with E-state index in [0.717, 1.165) is 45.1 Å². The minimum absolute atomic E-state index is 0.00269. The molecule has 1 saturated heterocycles. The van der Waals surface area contributed by atoms with Crippen molar-refractivity contribution in [1.29, 1.82) is 0 Å². The van der Waals surface area contributed by atoms with Crippen LogP contribution in [0, 0.1) is 12.8 Å². The fourth-order valence-electron chi connectivity index (χ4n) is 3.25. The fourth-order valence-corrected chi connectivity index (χ4v) is 5.22. The number of hydrogen-bond donors (Lipinski definition) is 1. The summed E-state index contributed by atoms with van der Waals surface area (Å²) in [6.45, 7) is 6.98. The molecule has 0 unspecified atom stereocenters. The minimum Gasteiger partial charge on any atom is -0.351 e. The van der Waals surface area contributed by atoms with E-state index in [-0.39, 0.29) is 5.91 Å². The molecule has 2 aromatic heterocycles. The minimum atomic E-state index is -0.00269. The highest BCUT2D eigenvalue weighted by Gasteiger charge is 2.20. The first kappa shape index (κ1) is 20.1. The Morgan fingerprint density at radius 3 is 2.76 bits per heavy atom. The maximum absolute atomic E-state index is 12.3. The summed E-state index contributed by atoms with van der Waals surface area (Å²) < 4.78 is 0.970. The van der Waals surface area contributed by atoms with Crippen LogP contribution in [0.4, 0.5) is 5.13 Å². The van der Waals surface area contributed by atoms with Gasteiger partial charge in [0.25, 0.3) is 0 Å². The number of benzene rings is 1. The Labute approximate surface area is 179 Å². The molecule has 1 fully saturated rings. The van der Waals surface area contributed by atoms with Gasteiger partial charge in [-0.15, -0.1) is 0 Å². The van der Waals surface area contributed by atoms with Crippen LogP contribution in [0.25, 0.3) is 10.3 Å². The van der Waals surface area contributed by atoms with Crippen molar-refractivity contribution in [2.75, 3.05) is 23.7 Å². The number of thioether (sulfide) groups is 1. The van der Waals surface area contributed by atoms with Gasteiger partial charge in [0.1, 0.15) is 16.1 Å². The van der Waals surface area contributed by atoms with Crippen LogP contribution in [-0.2, 0) is 11.3 Å². The van der Waals surface area contributed by atoms with Crippen LogP contribution in [0.5, 0.6) is 0 Å². The van der Waals surface area contributed by atoms with Crippen LogP contribution in [-0.4, -0.2) is 39.7 Å². The second-order valence-electron chi connectivity index (χ2n) is 7.55. The summed E-state index contributed by atoms with van der Waals surface area (Å²) in [7, 11) is 0. The van der Waals surface area contributed by atoms with Gasteiger partial charge in [0, 0.05) is 19.6 Å². The zero-order valence-electron chi connectivity index (χ0n) is 16.7. The number of anilines is 1. The first-order valence-electron chi connectivity index (χ1n) is 9.90. The van der Waals surface area contributed by atoms with Crippen molar-refractivity contribution < 1.29 is 4.79 Å².